The lowest BCUT2D eigenvalue weighted by Crippen LogP contribution is -2.45. The van der Waals surface area contributed by atoms with E-state index in [1.165, 1.54) is 0 Å². The van der Waals surface area contributed by atoms with E-state index in [1.54, 1.807) is 23.1 Å². The van der Waals surface area contributed by atoms with Crippen molar-refractivity contribution in [2.45, 2.75) is 26.0 Å². The van der Waals surface area contributed by atoms with Gasteiger partial charge in [-0.25, -0.2) is 0 Å². The molecule has 1 aliphatic rings. The largest absolute Gasteiger partial charge is 0.478 e. The number of ether oxygens (including phenoxy) is 1. The third-order valence-corrected chi connectivity index (χ3v) is 3.91. The van der Waals surface area contributed by atoms with Gasteiger partial charge >= 0.3 is 0 Å². The van der Waals surface area contributed by atoms with Gasteiger partial charge in [0.2, 0.25) is 0 Å². The number of anilines is 2. The van der Waals surface area contributed by atoms with Crippen LogP contribution in [0.25, 0.3) is 0 Å². The van der Waals surface area contributed by atoms with E-state index in [1.807, 2.05) is 31.2 Å². The Hall–Kier alpha value is -3.00. The molecule has 3 rings (SSSR count). The molecule has 5 nitrogen and oxygen atoms in total. The standard InChI is InChI=1S/C18H17N3O2/c1-2-15-18(22)21(11-13-8-6-12(10-19)7-9-13)17-14(20)4-3-5-16(17)23-15/h3-9,15H,2,11,20H2,1H3. The summed E-state index contributed by atoms with van der Waals surface area (Å²) in [5.41, 5.74) is 8.72. The lowest BCUT2D eigenvalue weighted by atomic mass is 10.1. The molecule has 0 fully saturated rings. The average Bonchev–Trinajstić information content (AvgIpc) is 2.58. The molecule has 1 aliphatic heterocycles. The van der Waals surface area contributed by atoms with Gasteiger partial charge in [0.05, 0.1) is 23.9 Å². The average molecular weight is 307 g/mol. The normalized spacial score (nSPS) is 16.4. The lowest BCUT2D eigenvalue weighted by molar-refractivity contribution is -0.126. The first-order valence-electron chi connectivity index (χ1n) is 7.49. The van der Waals surface area contributed by atoms with E-state index in [0.29, 0.717) is 35.7 Å². The number of hydrogen-bond acceptors (Lipinski definition) is 4. The zero-order chi connectivity index (χ0) is 16.4. The van der Waals surface area contributed by atoms with E-state index in [2.05, 4.69) is 6.07 Å². The number of nitrogen functional groups attached to an aromatic ring is 1. The second-order valence-electron chi connectivity index (χ2n) is 5.44. The third kappa shape index (κ3) is 2.71. The van der Waals surface area contributed by atoms with E-state index >= 15 is 0 Å². The Morgan fingerprint density at radius 3 is 2.65 bits per heavy atom. The minimum Gasteiger partial charge on any atom is -0.478 e. The van der Waals surface area contributed by atoms with Crippen LogP contribution < -0.4 is 15.4 Å². The predicted molar refractivity (Wildman–Crippen MR) is 87.9 cm³/mol. The van der Waals surface area contributed by atoms with Gasteiger partial charge in [-0.05, 0) is 36.2 Å². The number of para-hydroxylation sites is 1. The highest BCUT2D eigenvalue weighted by Crippen LogP contribution is 2.40. The van der Waals surface area contributed by atoms with Crippen molar-refractivity contribution >= 4 is 17.3 Å². The number of nitrogens with two attached hydrogens (primary N) is 1. The summed E-state index contributed by atoms with van der Waals surface area (Å²) < 4.78 is 5.76. The number of carbonyl (C=O) groups excluding carboxylic acids is 1. The maximum atomic E-state index is 12.7. The van der Waals surface area contributed by atoms with Gasteiger partial charge in [0, 0.05) is 0 Å². The van der Waals surface area contributed by atoms with E-state index < -0.39 is 6.10 Å². The van der Waals surface area contributed by atoms with Crippen LogP contribution in [0.2, 0.25) is 0 Å². The molecule has 1 atom stereocenters. The fourth-order valence-corrected chi connectivity index (χ4v) is 2.69. The highest BCUT2D eigenvalue weighted by atomic mass is 16.5. The van der Waals surface area contributed by atoms with Gasteiger partial charge in [0.25, 0.3) is 5.91 Å². The Bertz CT molecular complexity index is 778. The Morgan fingerprint density at radius 2 is 2.00 bits per heavy atom. The number of fused-ring (bicyclic) bond motifs is 1. The molecule has 0 spiro atoms. The number of amides is 1. The number of benzene rings is 2. The molecule has 0 bridgehead atoms. The summed E-state index contributed by atoms with van der Waals surface area (Å²) in [5, 5.41) is 8.88. The molecular weight excluding hydrogens is 290 g/mol. The van der Waals surface area contributed by atoms with Gasteiger partial charge in [-0.3, -0.25) is 9.69 Å². The fraction of sp³-hybridized carbons (Fsp3) is 0.222. The van der Waals surface area contributed by atoms with Crippen molar-refractivity contribution in [2.24, 2.45) is 0 Å². The molecule has 0 aliphatic carbocycles. The summed E-state index contributed by atoms with van der Waals surface area (Å²) in [6.45, 7) is 2.31. The summed E-state index contributed by atoms with van der Waals surface area (Å²) in [6.07, 6.45) is 0.0967. The van der Waals surface area contributed by atoms with Crippen molar-refractivity contribution in [1.82, 2.24) is 0 Å². The van der Waals surface area contributed by atoms with Crippen molar-refractivity contribution in [1.29, 1.82) is 5.26 Å². The van der Waals surface area contributed by atoms with Crippen molar-refractivity contribution < 1.29 is 9.53 Å². The maximum Gasteiger partial charge on any atom is 0.268 e. The zero-order valence-corrected chi connectivity index (χ0v) is 12.8. The Balaban J connectivity index is 1.99. The monoisotopic (exact) mass is 307 g/mol. The predicted octanol–water partition coefficient (Wildman–Crippen LogP) is 2.84. The summed E-state index contributed by atoms with van der Waals surface area (Å²) in [4.78, 5) is 14.4. The smallest absolute Gasteiger partial charge is 0.268 e. The molecule has 1 heterocycles. The quantitative estimate of drug-likeness (QED) is 0.884. The summed E-state index contributed by atoms with van der Waals surface area (Å²) in [6, 6.07) is 14.7. The molecule has 2 aromatic carbocycles. The highest BCUT2D eigenvalue weighted by Gasteiger charge is 2.34. The molecule has 0 aromatic heterocycles. The molecule has 5 heteroatoms. The number of carbonyl (C=O) groups is 1. The van der Waals surface area contributed by atoms with Crippen molar-refractivity contribution in [2.75, 3.05) is 10.6 Å². The molecule has 2 aromatic rings. The fourth-order valence-electron chi connectivity index (χ4n) is 2.69. The molecule has 0 radical (unpaired) electrons. The number of nitrogens with zero attached hydrogens (tertiary/aromatic N) is 2. The SMILES string of the molecule is CCC1Oc2cccc(N)c2N(Cc2ccc(C#N)cc2)C1=O. The van der Waals surface area contributed by atoms with Crippen LogP contribution in [0.3, 0.4) is 0 Å². The van der Waals surface area contributed by atoms with Crippen LogP contribution in [0.1, 0.15) is 24.5 Å². The Kier molecular flexibility index (Phi) is 3.90. The molecule has 1 unspecified atom stereocenters. The maximum absolute atomic E-state index is 12.7. The first kappa shape index (κ1) is 14.9. The summed E-state index contributed by atoms with van der Waals surface area (Å²) in [5.74, 6) is 0.535. The lowest BCUT2D eigenvalue weighted by Gasteiger charge is -2.35. The van der Waals surface area contributed by atoms with Gasteiger partial charge in [-0.2, -0.15) is 5.26 Å². The number of hydrogen-bond donors (Lipinski definition) is 1. The summed E-state index contributed by atoms with van der Waals surface area (Å²) >= 11 is 0. The third-order valence-electron chi connectivity index (χ3n) is 3.91. The molecule has 0 saturated carbocycles. The van der Waals surface area contributed by atoms with Crippen molar-refractivity contribution in [3.05, 3.63) is 53.6 Å². The van der Waals surface area contributed by atoms with E-state index in [-0.39, 0.29) is 5.91 Å². The first-order valence-corrected chi connectivity index (χ1v) is 7.49. The molecule has 2 N–H and O–H groups in total. The topological polar surface area (TPSA) is 79.3 Å². The van der Waals surface area contributed by atoms with E-state index in [9.17, 15) is 4.79 Å². The first-order chi connectivity index (χ1) is 11.1. The van der Waals surface area contributed by atoms with Crippen molar-refractivity contribution in [3.63, 3.8) is 0 Å². The van der Waals surface area contributed by atoms with Crippen LogP contribution in [-0.2, 0) is 11.3 Å². The molecular formula is C18H17N3O2. The van der Waals surface area contributed by atoms with Gasteiger partial charge in [0.1, 0.15) is 11.4 Å². The van der Waals surface area contributed by atoms with Crippen LogP contribution in [0.5, 0.6) is 5.75 Å². The number of nitriles is 1. The minimum absolute atomic E-state index is 0.0951. The zero-order valence-electron chi connectivity index (χ0n) is 12.8. The van der Waals surface area contributed by atoms with Gasteiger partial charge in [-0.1, -0.05) is 25.1 Å². The molecule has 116 valence electrons. The van der Waals surface area contributed by atoms with Crippen LogP contribution in [0.4, 0.5) is 11.4 Å². The minimum atomic E-state index is -0.498. The van der Waals surface area contributed by atoms with Gasteiger partial charge < -0.3 is 10.5 Å². The van der Waals surface area contributed by atoms with Gasteiger partial charge in [0.15, 0.2) is 6.10 Å². The summed E-state index contributed by atoms with van der Waals surface area (Å²) in [7, 11) is 0. The van der Waals surface area contributed by atoms with Gasteiger partial charge in [-0.15, -0.1) is 0 Å². The molecule has 0 saturated heterocycles. The Morgan fingerprint density at radius 1 is 1.26 bits per heavy atom. The Labute approximate surface area is 134 Å². The van der Waals surface area contributed by atoms with Crippen LogP contribution >= 0.6 is 0 Å². The van der Waals surface area contributed by atoms with E-state index in [0.717, 1.165) is 5.56 Å². The van der Waals surface area contributed by atoms with Crippen LogP contribution in [0.15, 0.2) is 42.5 Å². The second kappa shape index (κ2) is 6.01. The second-order valence-corrected chi connectivity index (χ2v) is 5.44. The highest BCUT2D eigenvalue weighted by molar-refractivity contribution is 6.02. The molecule has 1 amide bonds. The van der Waals surface area contributed by atoms with E-state index in [4.69, 9.17) is 15.7 Å². The molecule has 23 heavy (non-hydrogen) atoms. The van der Waals surface area contributed by atoms with Crippen molar-refractivity contribution in [3.8, 4) is 11.8 Å². The van der Waals surface area contributed by atoms with Crippen LogP contribution in [0, 0.1) is 11.3 Å². The number of rotatable bonds is 3. The van der Waals surface area contributed by atoms with Crippen LogP contribution in [-0.4, -0.2) is 12.0 Å².